The first kappa shape index (κ1) is 16.7. The molecule has 0 aliphatic rings. The smallest absolute Gasteiger partial charge is 0.317 e. The van der Waals surface area contributed by atoms with Gasteiger partial charge in [-0.1, -0.05) is 12.1 Å². The molecule has 2 aromatic rings. The number of rotatable bonds is 7. The number of carbonyl (C=O) groups excluding carboxylic acids is 1. The minimum Gasteiger partial charge on any atom is -0.489 e. The molecule has 6 heteroatoms. The van der Waals surface area contributed by atoms with Gasteiger partial charge >= 0.3 is 6.03 Å². The van der Waals surface area contributed by atoms with Crippen molar-refractivity contribution in [2.24, 2.45) is 0 Å². The van der Waals surface area contributed by atoms with Gasteiger partial charge in [-0.2, -0.15) is 0 Å². The molecular formula is C17H20FN3O2. The Morgan fingerprint density at radius 3 is 2.74 bits per heavy atom. The van der Waals surface area contributed by atoms with E-state index in [1.165, 1.54) is 6.07 Å². The van der Waals surface area contributed by atoms with Gasteiger partial charge in [-0.15, -0.1) is 0 Å². The number of benzene rings is 1. The average Bonchev–Trinajstić information content (AvgIpc) is 2.58. The number of nitrogens with zero attached hydrogens (tertiary/aromatic N) is 2. The molecule has 0 unspecified atom stereocenters. The van der Waals surface area contributed by atoms with E-state index in [9.17, 15) is 9.18 Å². The largest absolute Gasteiger partial charge is 0.489 e. The molecule has 0 bridgehead atoms. The minimum absolute atomic E-state index is 0.184. The molecule has 2 rings (SSSR count). The van der Waals surface area contributed by atoms with Crippen LogP contribution in [-0.4, -0.2) is 42.7 Å². The summed E-state index contributed by atoms with van der Waals surface area (Å²) in [5.74, 6) is -0.221. The number of carbonyl (C=O) groups is 1. The molecule has 1 heterocycles. The summed E-state index contributed by atoms with van der Waals surface area (Å²) in [6.07, 6.45) is 4.23. The Kier molecular flexibility index (Phi) is 6.35. The number of nitrogens with one attached hydrogen (secondary N) is 1. The van der Waals surface area contributed by atoms with Crippen LogP contribution in [0.3, 0.4) is 0 Å². The highest BCUT2D eigenvalue weighted by Gasteiger charge is 2.08. The standard InChI is InChI=1S/C17H20FN3O2/c1-21(12-8-14-6-9-19-10-7-14)17(22)20-11-13-23-16-5-3-2-4-15(16)18/h2-7,9-10H,8,11-13H2,1H3,(H,20,22). The van der Waals surface area contributed by atoms with Crippen LogP contribution in [0.4, 0.5) is 9.18 Å². The van der Waals surface area contributed by atoms with Crippen LogP contribution >= 0.6 is 0 Å². The molecule has 2 amide bonds. The third-order valence-electron chi connectivity index (χ3n) is 3.30. The molecule has 1 aromatic heterocycles. The number of hydrogen-bond donors (Lipinski definition) is 1. The maximum atomic E-state index is 13.3. The fraction of sp³-hybridized carbons (Fsp3) is 0.294. The number of urea groups is 1. The highest BCUT2D eigenvalue weighted by atomic mass is 19.1. The van der Waals surface area contributed by atoms with Crippen molar-refractivity contribution in [3.05, 3.63) is 60.2 Å². The molecular weight excluding hydrogens is 297 g/mol. The summed E-state index contributed by atoms with van der Waals surface area (Å²) in [5.41, 5.74) is 1.13. The average molecular weight is 317 g/mol. The van der Waals surface area contributed by atoms with Crippen molar-refractivity contribution < 1.29 is 13.9 Å². The van der Waals surface area contributed by atoms with Gasteiger partial charge < -0.3 is 15.0 Å². The lowest BCUT2D eigenvalue weighted by Crippen LogP contribution is -2.40. The lowest BCUT2D eigenvalue weighted by atomic mass is 10.2. The van der Waals surface area contributed by atoms with E-state index >= 15 is 0 Å². The zero-order chi connectivity index (χ0) is 16.5. The highest BCUT2D eigenvalue weighted by Crippen LogP contribution is 2.14. The van der Waals surface area contributed by atoms with E-state index in [4.69, 9.17) is 4.74 Å². The molecule has 0 aliphatic heterocycles. The summed E-state index contributed by atoms with van der Waals surface area (Å²) in [4.78, 5) is 17.5. The number of para-hydroxylation sites is 1. The van der Waals surface area contributed by atoms with Gasteiger partial charge in [0.05, 0.1) is 6.54 Å². The number of amides is 2. The van der Waals surface area contributed by atoms with Crippen LogP contribution in [0.2, 0.25) is 0 Å². The van der Waals surface area contributed by atoms with E-state index in [1.54, 1.807) is 42.5 Å². The normalized spacial score (nSPS) is 10.2. The molecule has 0 aliphatic carbocycles. The van der Waals surface area contributed by atoms with Crippen molar-refractivity contribution in [2.75, 3.05) is 26.7 Å². The second-order valence-corrected chi connectivity index (χ2v) is 5.04. The summed E-state index contributed by atoms with van der Waals surface area (Å²) >= 11 is 0. The van der Waals surface area contributed by atoms with E-state index in [2.05, 4.69) is 10.3 Å². The predicted molar refractivity (Wildman–Crippen MR) is 85.9 cm³/mol. The Morgan fingerprint density at radius 2 is 2.00 bits per heavy atom. The van der Waals surface area contributed by atoms with E-state index in [-0.39, 0.29) is 18.4 Å². The predicted octanol–water partition coefficient (Wildman–Crippen LogP) is 2.48. The van der Waals surface area contributed by atoms with E-state index < -0.39 is 5.82 Å². The van der Waals surface area contributed by atoms with Crippen molar-refractivity contribution >= 4 is 6.03 Å². The Bertz CT molecular complexity index is 622. The monoisotopic (exact) mass is 317 g/mol. The van der Waals surface area contributed by atoms with E-state index in [0.29, 0.717) is 13.1 Å². The third-order valence-corrected chi connectivity index (χ3v) is 3.30. The van der Waals surface area contributed by atoms with Gasteiger partial charge in [0.15, 0.2) is 11.6 Å². The Balaban J connectivity index is 1.65. The molecule has 0 atom stereocenters. The second-order valence-electron chi connectivity index (χ2n) is 5.04. The molecule has 0 saturated heterocycles. The van der Waals surface area contributed by atoms with Crippen LogP contribution in [-0.2, 0) is 6.42 Å². The lowest BCUT2D eigenvalue weighted by Gasteiger charge is -2.18. The topological polar surface area (TPSA) is 54.5 Å². The zero-order valence-electron chi connectivity index (χ0n) is 13.0. The summed E-state index contributed by atoms with van der Waals surface area (Å²) in [6, 6.07) is 9.85. The van der Waals surface area contributed by atoms with Gasteiger partial charge in [0.25, 0.3) is 0 Å². The van der Waals surface area contributed by atoms with Crippen LogP contribution in [0.25, 0.3) is 0 Å². The number of hydrogen-bond acceptors (Lipinski definition) is 3. The molecule has 0 radical (unpaired) electrons. The van der Waals surface area contributed by atoms with Crippen LogP contribution in [0.15, 0.2) is 48.8 Å². The molecule has 5 nitrogen and oxygen atoms in total. The quantitative estimate of drug-likeness (QED) is 0.798. The first-order chi connectivity index (χ1) is 11.2. The first-order valence-electron chi connectivity index (χ1n) is 7.42. The van der Waals surface area contributed by atoms with Crippen molar-refractivity contribution in [3.63, 3.8) is 0 Å². The number of pyridine rings is 1. The molecule has 0 spiro atoms. The molecule has 23 heavy (non-hydrogen) atoms. The molecule has 1 aromatic carbocycles. The Labute approximate surface area is 135 Å². The molecule has 1 N–H and O–H groups in total. The zero-order valence-corrected chi connectivity index (χ0v) is 13.0. The maximum absolute atomic E-state index is 13.3. The molecule has 122 valence electrons. The number of halogens is 1. The molecule has 0 saturated carbocycles. The van der Waals surface area contributed by atoms with Crippen LogP contribution in [0, 0.1) is 5.82 Å². The summed E-state index contributed by atoms with van der Waals surface area (Å²) in [6.45, 7) is 1.13. The van der Waals surface area contributed by atoms with Gasteiger partial charge in [0.2, 0.25) is 0 Å². The first-order valence-corrected chi connectivity index (χ1v) is 7.42. The Morgan fingerprint density at radius 1 is 1.26 bits per heavy atom. The van der Waals surface area contributed by atoms with Crippen molar-refractivity contribution in [2.45, 2.75) is 6.42 Å². The van der Waals surface area contributed by atoms with Gasteiger partial charge in [-0.05, 0) is 36.2 Å². The summed E-state index contributed by atoms with van der Waals surface area (Å²) in [7, 11) is 1.73. The van der Waals surface area contributed by atoms with Gasteiger partial charge in [0.1, 0.15) is 6.61 Å². The summed E-state index contributed by atoms with van der Waals surface area (Å²) in [5, 5.41) is 2.74. The fourth-order valence-electron chi connectivity index (χ4n) is 1.96. The van der Waals surface area contributed by atoms with E-state index in [1.807, 2.05) is 12.1 Å². The second kappa shape index (κ2) is 8.73. The molecule has 0 fully saturated rings. The van der Waals surface area contributed by atoms with Crippen LogP contribution in [0.5, 0.6) is 5.75 Å². The van der Waals surface area contributed by atoms with Crippen LogP contribution < -0.4 is 10.1 Å². The summed E-state index contributed by atoms with van der Waals surface area (Å²) < 4.78 is 18.6. The SMILES string of the molecule is CN(CCc1ccncc1)C(=O)NCCOc1ccccc1F. The van der Waals surface area contributed by atoms with Crippen molar-refractivity contribution in [1.29, 1.82) is 0 Å². The highest BCUT2D eigenvalue weighted by molar-refractivity contribution is 5.73. The van der Waals surface area contributed by atoms with Crippen LogP contribution in [0.1, 0.15) is 5.56 Å². The van der Waals surface area contributed by atoms with Crippen molar-refractivity contribution in [3.8, 4) is 5.75 Å². The van der Waals surface area contributed by atoms with Gasteiger partial charge in [0, 0.05) is 26.0 Å². The lowest BCUT2D eigenvalue weighted by molar-refractivity contribution is 0.205. The number of likely N-dealkylation sites (N-methyl/N-ethyl adjacent to an activating group) is 1. The van der Waals surface area contributed by atoms with Crippen molar-refractivity contribution in [1.82, 2.24) is 15.2 Å². The number of aromatic nitrogens is 1. The number of ether oxygens (including phenoxy) is 1. The Hall–Kier alpha value is -2.63. The third kappa shape index (κ3) is 5.58. The van der Waals surface area contributed by atoms with Gasteiger partial charge in [-0.25, -0.2) is 9.18 Å². The maximum Gasteiger partial charge on any atom is 0.317 e. The minimum atomic E-state index is -0.409. The fourth-order valence-corrected chi connectivity index (χ4v) is 1.96. The van der Waals surface area contributed by atoms with Gasteiger partial charge in [-0.3, -0.25) is 4.98 Å². The van der Waals surface area contributed by atoms with E-state index in [0.717, 1.165) is 12.0 Å².